The molecule has 1 aliphatic carbocycles. The summed E-state index contributed by atoms with van der Waals surface area (Å²) in [4.78, 5) is 0. The van der Waals surface area contributed by atoms with Gasteiger partial charge in [-0.15, -0.1) is 0 Å². The lowest BCUT2D eigenvalue weighted by Gasteiger charge is -2.06. The van der Waals surface area contributed by atoms with Gasteiger partial charge in [0.2, 0.25) is 0 Å². The van der Waals surface area contributed by atoms with E-state index in [0.717, 1.165) is 12.8 Å². The lowest BCUT2D eigenvalue weighted by atomic mass is 10.1. The molecule has 0 atom stereocenters. The van der Waals surface area contributed by atoms with Crippen molar-refractivity contribution in [1.29, 1.82) is 0 Å². The van der Waals surface area contributed by atoms with Crippen LogP contribution in [0.1, 0.15) is 17.5 Å². The third-order valence-electron chi connectivity index (χ3n) is 2.38. The fourth-order valence-electron chi connectivity index (χ4n) is 1.74. The predicted molar refractivity (Wildman–Crippen MR) is 48.3 cm³/mol. The van der Waals surface area contributed by atoms with Gasteiger partial charge in [0.1, 0.15) is 0 Å². The zero-order valence-electron chi connectivity index (χ0n) is 6.80. The van der Waals surface area contributed by atoms with Crippen LogP contribution in [-0.4, -0.2) is 5.21 Å². The summed E-state index contributed by atoms with van der Waals surface area (Å²) < 4.78 is 0. The maximum absolute atomic E-state index is 8.72. The quantitative estimate of drug-likeness (QED) is 0.436. The second kappa shape index (κ2) is 2.68. The van der Waals surface area contributed by atoms with Crippen molar-refractivity contribution in [3.05, 3.63) is 23.3 Å². The van der Waals surface area contributed by atoms with Crippen molar-refractivity contribution < 1.29 is 5.21 Å². The Morgan fingerprint density at radius 3 is 2.58 bits per heavy atom. The Morgan fingerprint density at radius 2 is 1.92 bits per heavy atom. The molecule has 0 radical (unpaired) electrons. The third kappa shape index (κ3) is 1.02. The van der Waals surface area contributed by atoms with Gasteiger partial charge in [-0.05, 0) is 42.5 Å². The Hall–Kier alpha value is -1.22. The molecule has 1 aromatic rings. The van der Waals surface area contributed by atoms with Gasteiger partial charge in [-0.25, -0.2) is 0 Å². The van der Waals surface area contributed by atoms with E-state index >= 15 is 0 Å². The van der Waals surface area contributed by atoms with Crippen LogP contribution in [0.2, 0.25) is 0 Å². The molecule has 3 heteroatoms. The van der Waals surface area contributed by atoms with Gasteiger partial charge in [-0.1, -0.05) is 0 Å². The molecule has 0 bridgehead atoms. The maximum atomic E-state index is 8.72. The molecule has 0 aromatic heterocycles. The molecule has 0 aliphatic heterocycles. The fourth-order valence-corrected chi connectivity index (χ4v) is 1.74. The summed E-state index contributed by atoms with van der Waals surface area (Å²) in [5.74, 6) is 0. The molecule has 1 aliphatic rings. The number of hydrogen-bond donors (Lipinski definition) is 3. The molecule has 0 amide bonds. The molecule has 0 spiro atoms. The summed E-state index contributed by atoms with van der Waals surface area (Å²) in [7, 11) is 0. The number of aryl methyl sites for hydroxylation is 2. The normalized spacial score (nSPS) is 14.4. The van der Waals surface area contributed by atoms with Crippen LogP contribution in [-0.2, 0) is 12.8 Å². The average molecular weight is 164 g/mol. The molecular formula is C9H12N2O. The Bertz CT molecular complexity index is 309. The smallest absolute Gasteiger partial charge is 0.0834 e. The van der Waals surface area contributed by atoms with E-state index < -0.39 is 0 Å². The van der Waals surface area contributed by atoms with Crippen LogP contribution in [0, 0.1) is 0 Å². The molecule has 4 N–H and O–H groups in total. The minimum atomic E-state index is 0.621. The average Bonchev–Trinajstić information content (AvgIpc) is 2.49. The van der Waals surface area contributed by atoms with Crippen molar-refractivity contribution in [3.63, 3.8) is 0 Å². The summed E-state index contributed by atoms with van der Waals surface area (Å²) in [6, 6.07) is 3.87. The van der Waals surface area contributed by atoms with E-state index in [1.807, 2.05) is 12.1 Å². The molecule has 0 heterocycles. The highest BCUT2D eigenvalue weighted by atomic mass is 16.5. The molecule has 2 rings (SSSR count). The molecule has 64 valence electrons. The highest BCUT2D eigenvalue weighted by Gasteiger charge is 2.12. The summed E-state index contributed by atoms with van der Waals surface area (Å²) in [5, 5.41) is 8.72. The van der Waals surface area contributed by atoms with E-state index in [2.05, 4.69) is 5.48 Å². The molecule has 12 heavy (non-hydrogen) atoms. The van der Waals surface area contributed by atoms with Crippen molar-refractivity contribution in [1.82, 2.24) is 0 Å². The van der Waals surface area contributed by atoms with Crippen LogP contribution in [0.3, 0.4) is 0 Å². The van der Waals surface area contributed by atoms with Gasteiger partial charge in [0.25, 0.3) is 0 Å². The van der Waals surface area contributed by atoms with Gasteiger partial charge in [-0.3, -0.25) is 10.7 Å². The molecule has 1 aromatic carbocycles. The zero-order valence-corrected chi connectivity index (χ0v) is 6.80. The number of nitrogens with two attached hydrogens (primary N) is 1. The summed E-state index contributed by atoms with van der Waals surface area (Å²) in [5.41, 5.74) is 11.7. The standard InChI is InChI=1S/C9H12N2O/c10-8-4-6-2-1-3-7(6)5-9(8)11-12/h4-5,11-12H,1-3,10H2. The van der Waals surface area contributed by atoms with E-state index in [9.17, 15) is 0 Å². The Morgan fingerprint density at radius 1 is 1.25 bits per heavy atom. The SMILES string of the molecule is Nc1cc2c(cc1NO)CCC2. The number of hydrogen-bond acceptors (Lipinski definition) is 3. The van der Waals surface area contributed by atoms with Crippen LogP contribution >= 0.6 is 0 Å². The first kappa shape index (κ1) is 7.43. The monoisotopic (exact) mass is 164 g/mol. The maximum Gasteiger partial charge on any atom is 0.0834 e. The molecule has 3 nitrogen and oxygen atoms in total. The zero-order chi connectivity index (χ0) is 8.55. The van der Waals surface area contributed by atoms with Crippen LogP contribution in [0.4, 0.5) is 11.4 Å². The fraction of sp³-hybridized carbons (Fsp3) is 0.333. The highest BCUT2D eigenvalue weighted by molar-refractivity contribution is 5.68. The van der Waals surface area contributed by atoms with Crippen LogP contribution in [0.15, 0.2) is 12.1 Å². The largest absolute Gasteiger partial charge is 0.397 e. The van der Waals surface area contributed by atoms with E-state index in [0.29, 0.717) is 11.4 Å². The van der Waals surface area contributed by atoms with Crippen molar-refractivity contribution in [2.75, 3.05) is 11.2 Å². The Kier molecular flexibility index (Phi) is 1.66. The van der Waals surface area contributed by atoms with Crippen molar-refractivity contribution in [2.24, 2.45) is 0 Å². The topological polar surface area (TPSA) is 58.3 Å². The first-order valence-electron chi connectivity index (χ1n) is 4.12. The lowest BCUT2D eigenvalue weighted by Crippen LogP contribution is -1.98. The molecule has 0 unspecified atom stereocenters. The van der Waals surface area contributed by atoms with Gasteiger partial charge in [0, 0.05) is 0 Å². The summed E-state index contributed by atoms with van der Waals surface area (Å²) in [6.45, 7) is 0. The van der Waals surface area contributed by atoms with E-state index in [-0.39, 0.29) is 0 Å². The van der Waals surface area contributed by atoms with Gasteiger partial charge in [0.15, 0.2) is 0 Å². The van der Waals surface area contributed by atoms with Crippen LogP contribution < -0.4 is 11.2 Å². The molecule has 0 saturated heterocycles. The summed E-state index contributed by atoms with van der Waals surface area (Å²) in [6.07, 6.45) is 3.42. The molecule has 0 saturated carbocycles. The van der Waals surface area contributed by atoms with Gasteiger partial charge < -0.3 is 5.73 Å². The van der Waals surface area contributed by atoms with Crippen LogP contribution in [0.25, 0.3) is 0 Å². The minimum absolute atomic E-state index is 0.621. The Labute approximate surface area is 71.2 Å². The summed E-state index contributed by atoms with van der Waals surface area (Å²) >= 11 is 0. The number of benzene rings is 1. The van der Waals surface area contributed by atoms with Crippen molar-refractivity contribution in [2.45, 2.75) is 19.3 Å². The predicted octanol–water partition coefficient (Wildman–Crippen LogP) is 1.56. The number of nitrogen functional groups attached to an aromatic ring is 1. The number of fused-ring (bicyclic) bond motifs is 1. The van der Waals surface area contributed by atoms with Crippen molar-refractivity contribution >= 4 is 11.4 Å². The second-order valence-electron chi connectivity index (χ2n) is 3.17. The first-order chi connectivity index (χ1) is 5.81. The highest BCUT2D eigenvalue weighted by Crippen LogP contribution is 2.29. The molecular weight excluding hydrogens is 152 g/mol. The molecule has 0 fully saturated rings. The number of anilines is 2. The first-order valence-corrected chi connectivity index (χ1v) is 4.12. The van der Waals surface area contributed by atoms with Gasteiger partial charge in [0.05, 0.1) is 11.4 Å². The number of rotatable bonds is 1. The van der Waals surface area contributed by atoms with E-state index in [1.165, 1.54) is 17.5 Å². The van der Waals surface area contributed by atoms with Gasteiger partial charge >= 0.3 is 0 Å². The van der Waals surface area contributed by atoms with E-state index in [4.69, 9.17) is 10.9 Å². The van der Waals surface area contributed by atoms with Gasteiger partial charge in [-0.2, -0.15) is 0 Å². The third-order valence-corrected chi connectivity index (χ3v) is 2.38. The van der Waals surface area contributed by atoms with E-state index in [1.54, 1.807) is 0 Å². The second-order valence-corrected chi connectivity index (χ2v) is 3.17. The van der Waals surface area contributed by atoms with Crippen LogP contribution in [0.5, 0.6) is 0 Å². The Balaban J connectivity index is 2.49. The number of nitrogens with one attached hydrogen (secondary N) is 1. The lowest BCUT2D eigenvalue weighted by molar-refractivity contribution is 0.389. The minimum Gasteiger partial charge on any atom is -0.397 e. The van der Waals surface area contributed by atoms with Crippen molar-refractivity contribution in [3.8, 4) is 0 Å².